The number of benzene rings is 2. The maximum atomic E-state index is 13.6. The van der Waals surface area contributed by atoms with E-state index >= 15 is 0 Å². The third kappa shape index (κ3) is 6.90. The molecule has 3 N–H and O–H groups in total. The van der Waals surface area contributed by atoms with Gasteiger partial charge in [0.05, 0.1) is 29.2 Å². The van der Waals surface area contributed by atoms with Gasteiger partial charge in [0.1, 0.15) is 0 Å². The van der Waals surface area contributed by atoms with E-state index in [0.29, 0.717) is 18.0 Å². The van der Waals surface area contributed by atoms with Crippen molar-refractivity contribution >= 4 is 52.2 Å². The first-order valence-corrected chi connectivity index (χ1v) is 15.1. The highest BCUT2D eigenvalue weighted by molar-refractivity contribution is 7.91. The molecule has 0 saturated carbocycles. The monoisotopic (exact) mass is 619 g/mol. The van der Waals surface area contributed by atoms with Gasteiger partial charge >= 0.3 is 11.9 Å². The fraction of sp³-hybridized carbons (Fsp3) is 0.345. The predicted molar refractivity (Wildman–Crippen MR) is 157 cm³/mol. The van der Waals surface area contributed by atoms with Crippen LogP contribution in [-0.2, 0) is 25.6 Å². The van der Waals surface area contributed by atoms with Gasteiger partial charge in [0.25, 0.3) is 0 Å². The number of nitrogens with one attached hydrogen (secondary N) is 1. The molecule has 218 valence electrons. The van der Waals surface area contributed by atoms with Gasteiger partial charge in [0.15, 0.2) is 10.6 Å². The molecule has 2 heterocycles. The fourth-order valence-corrected chi connectivity index (χ4v) is 7.19. The SMILES string of the molecule is CN(C)C[C@H]1CCCN1C(=O)CC1=C(C(=O)O)[C@H](c2c(Cl)cccc2Cl)C(C(=O)O)=C(C[S@+]([O-])c2ccccc2)N1. The van der Waals surface area contributed by atoms with Gasteiger partial charge in [-0.05, 0) is 62.4 Å². The Bertz CT molecular complexity index is 1380. The molecule has 41 heavy (non-hydrogen) atoms. The Hall–Kier alpha value is -3.02. The number of nitrogens with zero attached hydrogens (tertiary/aromatic N) is 2. The number of carbonyl (C=O) groups excluding carboxylic acids is 1. The van der Waals surface area contributed by atoms with Gasteiger partial charge in [-0.2, -0.15) is 0 Å². The summed E-state index contributed by atoms with van der Waals surface area (Å²) < 4.78 is 13.3. The van der Waals surface area contributed by atoms with Crippen LogP contribution < -0.4 is 5.32 Å². The quantitative estimate of drug-likeness (QED) is 0.338. The van der Waals surface area contributed by atoms with E-state index in [1.807, 2.05) is 19.0 Å². The second-order valence-electron chi connectivity index (χ2n) is 10.2. The summed E-state index contributed by atoms with van der Waals surface area (Å²) >= 11 is 11.3. The first-order chi connectivity index (χ1) is 19.5. The molecule has 9 nitrogen and oxygen atoms in total. The summed E-state index contributed by atoms with van der Waals surface area (Å²) in [5, 5.41) is 23.9. The second-order valence-corrected chi connectivity index (χ2v) is 12.5. The lowest BCUT2D eigenvalue weighted by atomic mass is 9.79. The number of carboxylic acids is 2. The zero-order valence-electron chi connectivity index (χ0n) is 22.6. The van der Waals surface area contributed by atoms with E-state index in [1.165, 1.54) is 12.1 Å². The van der Waals surface area contributed by atoms with Crippen LogP contribution in [0, 0.1) is 0 Å². The summed E-state index contributed by atoms with van der Waals surface area (Å²) in [6, 6.07) is 13.0. The lowest BCUT2D eigenvalue weighted by Gasteiger charge is -2.33. The number of hydrogen-bond acceptors (Lipinski definition) is 6. The number of carboxylic acid groups (broad SMARTS) is 2. The molecule has 1 saturated heterocycles. The zero-order chi connectivity index (χ0) is 29.8. The molecule has 2 aromatic rings. The molecule has 3 atom stereocenters. The van der Waals surface area contributed by atoms with E-state index in [4.69, 9.17) is 23.2 Å². The molecule has 4 rings (SSSR count). The largest absolute Gasteiger partial charge is 0.611 e. The van der Waals surface area contributed by atoms with Gasteiger partial charge in [0, 0.05) is 40.4 Å². The van der Waals surface area contributed by atoms with E-state index in [9.17, 15) is 29.1 Å². The predicted octanol–water partition coefficient (Wildman–Crippen LogP) is 4.11. The first-order valence-electron chi connectivity index (χ1n) is 13.0. The second kappa shape index (κ2) is 13.3. The number of rotatable bonds is 10. The van der Waals surface area contributed by atoms with Crippen molar-refractivity contribution < 1.29 is 29.1 Å². The fourth-order valence-electron chi connectivity index (χ4n) is 5.46. The third-order valence-corrected chi connectivity index (χ3v) is 9.17. The third-order valence-electron chi connectivity index (χ3n) is 7.16. The van der Waals surface area contributed by atoms with Crippen LogP contribution in [0.4, 0.5) is 0 Å². The van der Waals surface area contributed by atoms with Gasteiger partial charge in [-0.3, -0.25) is 4.79 Å². The Morgan fingerprint density at radius 2 is 1.61 bits per heavy atom. The van der Waals surface area contributed by atoms with Crippen molar-refractivity contribution in [2.75, 3.05) is 32.9 Å². The minimum Gasteiger partial charge on any atom is -0.611 e. The maximum Gasteiger partial charge on any atom is 0.334 e. The Balaban J connectivity index is 1.84. The molecule has 1 fully saturated rings. The van der Waals surface area contributed by atoms with E-state index < -0.39 is 29.0 Å². The van der Waals surface area contributed by atoms with Crippen molar-refractivity contribution in [3.05, 3.63) is 86.7 Å². The standard InChI is InChI=1S/C29H31Cl2N3O6S/c1-33(2)15-17-8-7-13-34(17)23(35)14-21-25(28(36)37)27(24-19(30)11-6-12-20(24)31)26(29(38)39)22(32-21)16-41(40)18-9-4-3-5-10-18/h3-6,9-12,17,27,32H,7-8,13-16H2,1-2H3,(H,36,37)(H,38,39)/t17-,27+,41+/m1/s1. The molecule has 0 aromatic heterocycles. The van der Waals surface area contributed by atoms with Gasteiger partial charge in [-0.25, -0.2) is 9.59 Å². The number of hydrogen-bond donors (Lipinski definition) is 3. The highest BCUT2D eigenvalue weighted by Gasteiger charge is 2.42. The number of likely N-dealkylation sites (tertiary alicyclic amines) is 1. The minimum absolute atomic E-state index is 0.0176. The molecule has 1 amide bonds. The first kappa shape index (κ1) is 30.9. The summed E-state index contributed by atoms with van der Waals surface area (Å²) in [6.07, 6.45) is 1.33. The smallest absolute Gasteiger partial charge is 0.334 e. The van der Waals surface area contributed by atoms with Crippen LogP contribution in [0.1, 0.15) is 30.7 Å². The van der Waals surface area contributed by atoms with Crippen molar-refractivity contribution in [2.45, 2.75) is 36.1 Å². The molecule has 2 aliphatic rings. The van der Waals surface area contributed by atoms with Crippen molar-refractivity contribution in [3.63, 3.8) is 0 Å². The van der Waals surface area contributed by atoms with Crippen molar-refractivity contribution in [3.8, 4) is 0 Å². The lowest BCUT2D eigenvalue weighted by Crippen LogP contribution is -2.43. The Kier molecular flexibility index (Phi) is 10.0. The van der Waals surface area contributed by atoms with E-state index in [-0.39, 0.29) is 62.3 Å². The average Bonchev–Trinajstić information content (AvgIpc) is 3.36. The summed E-state index contributed by atoms with van der Waals surface area (Å²) in [7, 11) is 3.84. The lowest BCUT2D eigenvalue weighted by molar-refractivity contribution is -0.133. The Labute approximate surface area is 251 Å². The molecule has 0 radical (unpaired) electrons. The number of likely N-dealkylation sites (N-methyl/N-ethyl adjacent to an activating group) is 1. The normalized spacial score (nSPS) is 19.9. The molecule has 12 heteroatoms. The Morgan fingerprint density at radius 1 is 1.00 bits per heavy atom. The van der Waals surface area contributed by atoms with Crippen molar-refractivity contribution in [1.29, 1.82) is 0 Å². The summed E-state index contributed by atoms with van der Waals surface area (Å²) in [4.78, 5) is 43.4. The summed E-state index contributed by atoms with van der Waals surface area (Å²) in [5.41, 5.74) is -0.552. The number of dihydropyridines is 1. The van der Waals surface area contributed by atoms with Gasteiger partial charge < -0.3 is 29.9 Å². The molecule has 2 aliphatic heterocycles. The molecule has 0 unspecified atom stereocenters. The highest BCUT2D eigenvalue weighted by atomic mass is 35.5. The van der Waals surface area contributed by atoms with E-state index in [0.717, 1.165) is 12.8 Å². The van der Waals surface area contributed by atoms with E-state index in [2.05, 4.69) is 5.32 Å². The van der Waals surface area contributed by atoms with E-state index in [1.54, 1.807) is 41.3 Å². The van der Waals surface area contributed by atoms with Crippen LogP contribution in [-0.4, -0.2) is 81.4 Å². The molecule has 0 bridgehead atoms. The molecular weight excluding hydrogens is 589 g/mol. The number of carbonyl (C=O) groups is 3. The van der Waals surface area contributed by atoms with Crippen LogP contribution in [0.3, 0.4) is 0 Å². The van der Waals surface area contributed by atoms with Crippen LogP contribution in [0.25, 0.3) is 0 Å². The molecular formula is C29H31Cl2N3O6S. The van der Waals surface area contributed by atoms with Crippen molar-refractivity contribution in [2.24, 2.45) is 0 Å². The topological polar surface area (TPSA) is 133 Å². The molecule has 0 spiro atoms. The highest BCUT2D eigenvalue weighted by Crippen LogP contribution is 2.45. The van der Waals surface area contributed by atoms with Crippen LogP contribution in [0.15, 0.2) is 76.0 Å². The maximum absolute atomic E-state index is 13.6. The summed E-state index contributed by atoms with van der Waals surface area (Å²) in [6.45, 7) is 1.19. The molecule has 0 aliphatic carbocycles. The van der Waals surface area contributed by atoms with Crippen LogP contribution in [0.5, 0.6) is 0 Å². The van der Waals surface area contributed by atoms with Crippen molar-refractivity contribution in [1.82, 2.24) is 15.1 Å². The summed E-state index contributed by atoms with van der Waals surface area (Å²) in [5.74, 6) is -4.82. The van der Waals surface area contributed by atoms with Crippen LogP contribution in [0.2, 0.25) is 10.0 Å². The number of amides is 1. The Morgan fingerprint density at radius 3 is 2.20 bits per heavy atom. The van der Waals surface area contributed by atoms with Gasteiger partial charge in [-0.1, -0.05) is 47.5 Å². The number of halogens is 2. The van der Waals surface area contributed by atoms with Gasteiger partial charge in [0.2, 0.25) is 5.91 Å². The zero-order valence-corrected chi connectivity index (χ0v) is 24.9. The minimum atomic E-state index is -1.68. The molecule has 2 aromatic carbocycles. The van der Waals surface area contributed by atoms with Gasteiger partial charge in [-0.15, -0.1) is 0 Å². The number of aliphatic carboxylic acids is 2. The average molecular weight is 621 g/mol. The van der Waals surface area contributed by atoms with Crippen LogP contribution >= 0.6 is 23.2 Å².